The van der Waals surface area contributed by atoms with Crippen LogP contribution in [0.4, 0.5) is 17.5 Å². The lowest BCUT2D eigenvalue weighted by atomic mass is 10.1. The summed E-state index contributed by atoms with van der Waals surface area (Å²) in [6, 6.07) is 17.0. The Kier molecular flexibility index (Phi) is 5.34. The summed E-state index contributed by atoms with van der Waals surface area (Å²) >= 11 is 6.07. The van der Waals surface area contributed by atoms with Gasteiger partial charge in [0.1, 0.15) is 12.4 Å². The smallest absolute Gasteiger partial charge is 0.322 e. The average molecular weight is 369 g/mol. The van der Waals surface area contributed by atoms with Crippen LogP contribution >= 0.6 is 11.6 Å². The molecule has 1 aromatic heterocycles. The van der Waals surface area contributed by atoms with Crippen molar-refractivity contribution in [1.29, 1.82) is 0 Å². The van der Waals surface area contributed by atoms with Crippen molar-refractivity contribution < 1.29 is 9.90 Å². The van der Waals surface area contributed by atoms with Crippen LogP contribution in [0.15, 0.2) is 54.6 Å². The van der Waals surface area contributed by atoms with Gasteiger partial charge in [-0.25, -0.2) is 4.98 Å². The fraction of sp³-hybridized carbons (Fsp3) is 0.105. The van der Waals surface area contributed by atoms with Gasteiger partial charge in [-0.3, -0.25) is 4.79 Å². The number of carboxylic acids is 1. The van der Waals surface area contributed by atoms with Gasteiger partial charge < -0.3 is 15.7 Å². The number of nitrogens with one attached hydrogen (secondary N) is 2. The lowest BCUT2D eigenvalue weighted by Gasteiger charge is -2.11. The third-order valence-corrected chi connectivity index (χ3v) is 4.05. The van der Waals surface area contributed by atoms with E-state index >= 15 is 0 Å². The molecular formula is C19H17ClN4O2. The first kappa shape index (κ1) is 17.7. The van der Waals surface area contributed by atoms with Gasteiger partial charge in [-0.05, 0) is 30.7 Å². The van der Waals surface area contributed by atoms with E-state index in [1.54, 1.807) is 0 Å². The molecule has 0 spiro atoms. The largest absolute Gasteiger partial charge is 0.480 e. The van der Waals surface area contributed by atoms with Gasteiger partial charge in [0.25, 0.3) is 0 Å². The molecule has 0 atom stereocenters. The van der Waals surface area contributed by atoms with E-state index in [1.807, 2.05) is 61.5 Å². The standard InChI is InChI=1S/C19H17ClN4O2/c1-12-9-14(7-8-15(12)20)22-17-10-16(13-5-3-2-4-6-13)23-19(24-17)21-11-18(25)26/h2-10H,11H2,1H3,(H,25,26)(H2,21,22,23,24). The molecule has 1 heterocycles. The van der Waals surface area contributed by atoms with Crippen molar-refractivity contribution >= 4 is 35.0 Å². The fourth-order valence-electron chi connectivity index (χ4n) is 2.37. The van der Waals surface area contributed by atoms with E-state index in [0.717, 1.165) is 16.8 Å². The van der Waals surface area contributed by atoms with Gasteiger partial charge in [0.05, 0.1) is 5.69 Å². The van der Waals surface area contributed by atoms with Crippen LogP contribution in [0.25, 0.3) is 11.3 Å². The van der Waals surface area contributed by atoms with Gasteiger partial charge >= 0.3 is 5.97 Å². The number of aliphatic carboxylic acids is 1. The van der Waals surface area contributed by atoms with Gasteiger partial charge in [-0.2, -0.15) is 4.98 Å². The Morgan fingerprint density at radius 2 is 1.88 bits per heavy atom. The molecule has 7 heteroatoms. The molecule has 0 fully saturated rings. The molecular weight excluding hydrogens is 352 g/mol. The number of hydrogen-bond donors (Lipinski definition) is 3. The Morgan fingerprint density at radius 1 is 1.12 bits per heavy atom. The Hall–Kier alpha value is -3.12. The first-order valence-electron chi connectivity index (χ1n) is 7.94. The topological polar surface area (TPSA) is 87.1 Å². The molecule has 26 heavy (non-hydrogen) atoms. The zero-order valence-electron chi connectivity index (χ0n) is 14.0. The summed E-state index contributed by atoms with van der Waals surface area (Å²) < 4.78 is 0. The number of rotatable bonds is 6. The zero-order chi connectivity index (χ0) is 18.5. The maximum absolute atomic E-state index is 10.8. The molecule has 132 valence electrons. The zero-order valence-corrected chi connectivity index (χ0v) is 14.8. The number of nitrogens with zero attached hydrogens (tertiary/aromatic N) is 2. The van der Waals surface area contributed by atoms with E-state index in [0.29, 0.717) is 16.5 Å². The fourth-order valence-corrected chi connectivity index (χ4v) is 2.49. The van der Waals surface area contributed by atoms with Gasteiger partial charge in [0.2, 0.25) is 5.95 Å². The van der Waals surface area contributed by atoms with E-state index in [2.05, 4.69) is 20.6 Å². The second-order valence-corrected chi connectivity index (χ2v) is 6.07. The maximum atomic E-state index is 10.8. The van der Waals surface area contributed by atoms with Gasteiger partial charge in [-0.15, -0.1) is 0 Å². The van der Waals surface area contributed by atoms with Crippen molar-refractivity contribution in [3.05, 3.63) is 65.2 Å². The van der Waals surface area contributed by atoms with E-state index < -0.39 is 5.97 Å². The first-order chi connectivity index (χ1) is 12.5. The first-order valence-corrected chi connectivity index (χ1v) is 8.32. The number of halogens is 1. The monoisotopic (exact) mass is 368 g/mol. The average Bonchev–Trinajstić information content (AvgIpc) is 2.64. The minimum Gasteiger partial charge on any atom is -0.480 e. The van der Waals surface area contributed by atoms with Crippen LogP contribution in [-0.2, 0) is 4.79 Å². The van der Waals surface area contributed by atoms with E-state index in [-0.39, 0.29) is 12.5 Å². The highest BCUT2D eigenvalue weighted by Crippen LogP contribution is 2.25. The Bertz CT molecular complexity index is 932. The van der Waals surface area contributed by atoms with Gasteiger partial charge in [0, 0.05) is 22.3 Å². The van der Waals surface area contributed by atoms with Crippen molar-refractivity contribution in [2.24, 2.45) is 0 Å². The minimum absolute atomic E-state index is 0.238. The minimum atomic E-state index is -0.985. The predicted molar refractivity (Wildman–Crippen MR) is 103 cm³/mol. The quantitative estimate of drug-likeness (QED) is 0.599. The molecule has 0 aliphatic heterocycles. The van der Waals surface area contributed by atoms with Crippen LogP contribution in [0.2, 0.25) is 5.02 Å². The number of carbonyl (C=O) groups is 1. The number of anilines is 3. The second kappa shape index (κ2) is 7.84. The second-order valence-electron chi connectivity index (χ2n) is 5.66. The Balaban J connectivity index is 1.95. The number of hydrogen-bond acceptors (Lipinski definition) is 5. The maximum Gasteiger partial charge on any atom is 0.322 e. The Labute approximate surface area is 155 Å². The number of aryl methyl sites for hydroxylation is 1. The molecule has 0 aliphatic carbocycles. The summed E-state index contributed by atoms with van der Waals surface area (Å²) in [6.07, 6.45) is 0. The van der Waals surface area contributed by atoms with Crippen molar-refractivity contribution in [3.63, 3.8) is 0 Å². The molecule has 0 aliphatic rings. The van der Waals surface area contributed by atoms with E-state index in [9.17, 15) is 4.79 Å². The summed E-state index contributed by atoms with van der Waals surface area (Å²) in [5, 5.41) is 15.5. The van der Waals surface area contributed by atoms with Crippen molar-refractivity contribution in [3.8, 4) is 11.3 Å². The highest BCUT2D eigenvalue weighted by Gasteiger charge is 2.09. The molecule has 3 N–H and O–H groups in total. The molecule has 2 aromatic carbocycles. The third-order valence-electron chi connectivity index (χ3n) is 3.62. The van der Waals surface area contributed by atoms with Crippen molar-refractivity contribution in [2.45, 2.75) is 6.92 Å². The lowest BCUT2D eigenvalue weighted by molar-refractivity contribution is -0.134. The van der Waals surface area contributed by atoms with Crippen LogP contribution in [0, 0.1) is 6.92 Å². The highest BCUT2D eigenvalue weighted by atomic mass is 35.5. The van der Waals surface area contributed by atoms with E-state index in [1.165, 1.54) is 0 Å². The lowest BCUT2D eigenvalue weighted by Crippen LogP contribution is -2.15. The summed E-state index contributed by atoms with van der Waals surface area (Å²) in [5.74, 6) is -0.197. The van der Waals surface area contributed by atoms with Crippen molar-refractivity contribution in [2.75, 3.05) is 17.2 Å². The number of aromatic nitrogens is 2. The molecule has 0 amide bonds. The molecule has 0 radical (unpaired) electrons. The van der Waals surface area contributed by atoms with E-state index in [4.69, 9.17) is 16.7 Å². The van der Waals surface area contributed by atoms with Crippen LogP contribution in [0.3, 0.4) is 0 Å². The summed E-state index contributed by atoms with van der Waals surface area (Å²) in [4.78, 5) is 19.6. The molecule has 0 bridgehead atoms. The number of carboxylic acid groups (broad SMARTS) is 1. The molecule has 6 nitrogen and oxygen atoms in total. The summed E-state index contributed by atoms with van der Waals surface area (Å²) in [5.41, 5.74) is 3.36. The molecule has 0 saturated carbocycles. The summed E-state index contributed by atoms with van der Waals surface area (Å²) in [7, 11) is 0. The molecule has 3 rings (SSSR count). The SMILES string of the molecule is Cc1cc(Nc2cc(-c3ccccc3)nc(NCC(=O)O)n2)ccc1Cl. The van der Waals surface area contributed by atoms with Crippen LogP contribution in [0.5, 0.6) is 0 Å². The van der Waals surface area contributed by atoms with Crippen LogP contribution < -0.4 is 10.6 Å². The van der Waals surface area contributed by atoms with Gasteiger partial charge in [0.15, 0.2) is 0 Å². The predicted octanol–water partition coefficient (Wildman–Crippen LogP) is 4.35. The number of benzene rings is 2. The molecule has 0 unspecified atom stereocenters. The van der Waals surface area contributed by atoms with Gasteiger partial charge in [-0.1, -0.05) is 41.9 Å². The van der Waals surface area contributed by atoms with Crippen LogP contribution in [0.1, 0.15) is 5.56 Å². The Morgan fingerprint density at radius 3 is 2.58 bits per heavy atom. The highest BCUT2D eigenvalue weighted by molar-refractivity contribution is 6.31. The third kappa shape index (κ3) is 4.49. The molecule has 3 aromatic rings. The van der Waals surface area contributed by atoms with Crippen LogP contribution in [-0.4, -0.2) is 27.6 Å². The van der Waals surface area contributed by atoms with Crippen molar-refractivity contribution in [1.82, 2.24) is 9.97 Å². The normalized spacial score (nSPS) is 10.4. The summed E-state index contributed by atoms with van der Waals surface area (Å²) in [6.45, 7) is 1.65. The molecule has 0 saturated heterocycles.